The van der Waals surface area contributed by atoms with Crippen LogP contribution in [0.1, 0.15) is 0 Å². The largest absolute Gasteiger partial charge is 0.254 e. The van der Waals surface area contributed by atoms with Gasteiger partial charge in [0.05, 0.1) is 17.1 Å². The van der Waals surface area contributed by atoms with Crippen LogP contribution in [0, 0.1) is 11.6 Å². The van der Waals surface area contributed by atoms with Crippen molar-refractivity contribution < 1.29 is 8.78 Å². The zero-order valence-corrected chi connectivity index (χ0v) is 12.6. The van der Waals surface area contributed by atoms with E-state index in [9.17, 15) is 8.78 Å². The summed E-state index contributed by atoms with van der Waals surface area (Å²) in [7, 11) is 0. The van der Waals surface area contributed by atoms with Crippen molar-refractivity contribution in [2.24, 2.45) is 0 Å². The van der Waals surface area contributed by atoms with Gasteiger partial charge in [0.1, 0.15) is 11.6 Å². The molecule has 0 bridgehead atoms. The molecule has 2 aromatic carbocycles. The Balaban J connectivity index is 1.81. The summed E-state index contributed by atoms with van der Waals surface area (Å²) in [5, 5.41) is 2.10. The molecule has 4 aromatic rings. The third-order valence-corrected chi connectivity index (χ3v) is 3.85. The van der Waals surface area contributed by atoms with Crippen LogP contribution in [0.3, 0.4) is 0 Å². The molecule has 0 radical (unpaired) electrons. The van der Waals surface area contributed by atoms with Crippen LogP contribution in [0.2, 0.25) is 0 Å². The van der Waals surface area contributed by atoms with Crippen LogP contribution in [0.25, 0.3) is 33.4 Å². The summed E-state index contributed by atoms with van der Waals surface area (Å²) in [4.78, 5) is 8.92. The van der Waals surface area contributed by atoms with Crippen LogP contribution in [0.5, 0.6) is 0 Å². The molecule has 0 saturated carbocycles. The molecule has 4 heteroatoms. The molecule has 2 nitrogen and oxygen atoms in total. The van der Waals surface area contributed by atoms with Crippen LogP contribution < -0.4 is 0 Å². The molecule has 2 heterocycles. The molecule has 0 aliphatic rings. The Morgan fingerprint density at radius 3 is 2.29 bits per heavy atom. The van der Waals surface area contributed by atoms with Gasteiger partial charge in [-0.3, -0.25) is 4.98 Å². The molecule has 0 unspecified atom stereocenters. The average Bonchev–Trinajstić information content (AvgIpc) is 2.61. The Labute approximate surface area is 137 Å². The molecule has 0 fully saturated rings. The number of nitrogens with zero attached hydrogens (tertiary/aromatic N) is 2. The smallest absolute Gasteiger partial charge is 0.135 e. The van der Waals surface area contributed by atoms with Gasteiger partial charge in [-0.15, -0.1) is 0 Å². The van der Waals surface area contributed by atoms with Gasteiger partial charge in [0.25, 0.3) is 0 Å². The van der Waals surface area contributed by atoms with Crippen LogP contribution in [0.15, 0.2) is 72.9 Å². The van der Waals surface area contributed by atoms with Crippen molar-refractivity contribution >= 4 is 10.8 Å². The fourth-order valence-corrected chi connectivity index (χ4v) is 2.65. The van der Waals surface area contributed by atoms with Gasteiger partial charge in [0.2, 0.25) is 0 Å². The van der Waals surface area contributed by atoms with Crippen LogP contribution in [-0.2, 0) is 0 Å². The molecule has 0 aliphatic carbocycles. The summed E-state index contributed by atoms with van der Waals surface area (Å²) in [6.45, 7) is 0. The monoisotopic (exact) mass is 318 g/mol. The fraction of sp³-hybridized carbons (Fsp3) is 0. The lowest BCUT2D eigenvalue weighted by atomic mass is 10.1. The SMILES string of the molecule is Fc1ccc(-c2cccc(-c3cc4ccccc4cn3)n2)c(F)c1. The second-order valence-corrected chi connectivity index (χ2v) is 5.45. The molecule has 0 aliphatic heterocycles. The molecule has 24 heavy (non-hydrogen) atoms. The third-order valence-electron chi connectivity index (χ3n) is 3.85. The predicted octanol–water partition coefficient (Wildman–Crippen LogP) is 5.24. The van der Waals surface area contributed by atoms with Crippen molar-refractivity contribution in [1.82, 2.24) is 9.97 Å². The van der Waals surface area contributed by atoms with Crippen LogP contribution in [0.4, 0.5) is 8.78 Å². The molecular formula is C20H12F2N2. The maximum absolute atomic E-state index is 14.0. The third kappa shape index (κ3) is 2.63. The van der Waals surface area contributed by atoms with Crippen molar-refractivity contribution in [2.45, 2.75) is 0 Å². The van der Waals surface area contributed by atoms with Gasteiger partial charge in [0, 0.05) is 23.2 Å². The molecule has 0 spiro atoms. The number of benzene rings is 2. The summed E-state index contributed by atoms with van der Waals surface area (Å²) < 4.78 is 27.1. The molecule has 0 saturated heterocycles. The Morgan fingerprint density at radius 1 is 0.667 bits per heavy atom. The van der Waals surface area contributed by atoms with E-state index in [1.54, 1.807) is 18.3 Å². The van der Waals surface area contributed by atoms with E-state index in [1.807, 2.05) is 36.4 Å². The van der Waals surface area contributed by atoms with Gasteiger partial charge < -0.3 is 0 Å². The minimum Gasteiger partial charge on any atom is -0.254 e. The first-order valence-corrected chi connectivity index (χ1v) is 7.48. The van der Waals surface area contributed by atoms with E-state index in [-0.39, 0.29) is 5.56 Å². The molecule has 0 amide bonds. The maximum atomic E-state index is 14.0. The van der Waals surface area contributed by atoms with Crippen LogP contribution >= 0.6 is 0 Å². The number of aromatic nitrogens is 2. The van der Waals surface area contributed by atoms with Crippen molar-refractivity contribution in [3.63, 3.8) is 0 Å². The molecule has 0 N–H and O–H groups in total. The van der Waals surface area contributed by atoms with Crippen molar-refractivity contribution in [1.29, 1.82) is 0 Å². The van der Waals surface area contributed by atoms with E-state index < -0.39 is 11.6 Å². The van der Waals surface area contributed by atoms with Gasteiger partial charge in [-0.2, -0.15) is 0 Å². The highest BCUT2D eigenvalue weighted by Crippen LogP contribution is 2.25. The number of pyridine rings is 2. The second kappa shape index (κ2) is 5.81. The topological polar surface area (TPSA) is 25.8 Å². The Hall–Kier alpha value is -3.14. The molecule has 0 atom stereocenters. The van der Waals surface area contributed by atoms with Crippen molar-refractivity contribution in [3.05, 3.63) is 84.6 Å². The Bertz CT molecular complexity index is 1040. The van der Waals surface area contributed by atoms with Gasteiger partial charge in [-0.1, -0.05) is 30.3 Å². The molecule has 4 rings (SSSR count). The number of hydrogen-bond acceptors (Lipinski definition) is 2. The van der Waals surface area contributed by atoms with E-state index in [2.05, 4.69) is 9.97 Å². The second-order valence-electron chi connectivity index (χ2n) is 5.45. The van der Waals surface area contributed by atoms with Gasteiger partial charge in [0.15, 0.2) is 0 Å². The lowest BCUT2D eigenvalue weighted by Crippen LogP contribution is -1.93. The summed E-state index contributed by atoms with van der Waals surface area (Å²) >= 11 is 0. The summed E-state index contributed by atoms with van der Waals surface area (Å²) in [6.07, 6.45) is 1.79. The van der Waals surface area contributed by atoms with Gasteiger partial charge in [-0.25, -0.2) is 13.8 Å². The van der Waals surface area contributed by atoms with E-state index >= 15 is 0 Å². The Kier molecular flexibility index (Phi) is 3.50. The molecular weight excluding hydrogens is 306 g/mol. The van der Waals surface area contributed by atoms with E-state index in [1.165, 1.54) is 12.1 Å². The van der Waals surface area contributed by atoms with E-state index in [0.29, 0.717) is 17.1 Å². The summed E-state index contributed by atoms with van der Waals surface area (Å²) in [6, 6.07) is 18.6. The van der Waals surface area contributed by atoms with E-state index in [0.717, 1.165) is 16.8 Å². The number of fused-ring (bicyclic) bond motifs is 1. The molecule has 116 valence electrons. The van der Waals surface area contributed by atoms with Gasteiger partial charge in [-0.05, 0) is 35.7 Å². The average molecular weight is 318 g/mol. The number of halogens is 2. The van der Waals surface area contributed by atoms with E-state index in [4.69, 9.17) is 0 Å². The van der Waals surface area contributed by atoms with Crippen LogP contribution in [-0.4, -0.2) is 9.97 Å². The molecule has 2 aromatic heterocycles. The highest BCUT2D eigenvalue weighted by atomic mass is 19.1. The minimum absolute atomic E-state index is 0.263. The highest BCUT2D eigenvalue weighted by molar-refractivity contribution is 5.84. The predicted molar refractivity (Wildman–Crippen MR) is 90.3 cm³/mol. The normalized spacial score (nSPS) is 10.9. The fourth-order valence-electron chi connectivity index (χ4n) is 2.65. The zero-order chi connectivity index (χ0) is 16.5. The minimum atomic E-state index is -0.633. The standard InChI is InChI=1S/C20H12F2N2/c21-15-8-9-16(17(22)11-15)18-6-3-7-19(24-18)20-10-13-4-1-2-5-14(13)12-23-20/h1-12H. The van der Waals surface area contributed by atoms with Crippen molar-refractivity contribution in [2.75, 3.05) is 0 Å². The Morgan fingerprint density at radius 2 is 1.46 bits per heavy atom. The highest BCUT2D eigenvalue weighted by Gasteiger charge is 2.10. The summed E-state index contributed by atoms with van der Waals surface area (Å²) in [5.41, 5.74) is 2.05. The first kappa shape index (κ1) is 14.5. The van der Waals surface area contributed by atoms with Crippen molar-refractivity contribution in [3.8, 4) is 22.6 Å². The summed E-state index contributed by atoms with van der Waals surface area (Å²) in [5.74, 6) is -1.24. The first-order valence-electron chi connectivity index (χ1n) is 7.48. The number of rotatable bonds is 2. The lowest BCUT2D eigenvalue weighted by Gasteiger charge is -2.06. The quantitative estimate of drug-likeness (QED) is 0.505. The van der Waals surface area contributed by atoms with Gasteiger partial charge >= 0.3 is 0 Å². The lowest BCUT2D eigenvalue weighted by molar-refractivity contribution is 0.585. The zero-order valence-electron chi connectivity index (χ0n) is 12.6. The first-order chi connectivity index (χ1) is 11.7. The number of hydrogen-bond donors (Lipinski definition) is 0. The maximum Gasteiger partial charge on any atom is 0.135 e.